The summed E-state index contributed by atoms with van der Waals surface area (Å²) in [4.78, 5) is 27.4. The minimum atomic E-state index is -5.26. The lowest BCUT2D eigenvalue weighted by molar-refractivity contribution is -0.384. The Morgan fingerprint density at radius 3 is 2.47 bits per heavy atom. The van der Waals surface area contributed by atoms with Crippen LogP contribution in [0, 0.1) is 21.7 Å². The first-order valence-corrected chi connectivity index (χ1v) is 8.19. The quantitative estimate of drug-likeness (QED) is 0.206. The largest absolute Gasteiger partial charge is 0.419 e. The second kappa shape index (κ2) is 8.89. The molecule has 0 N–H and O–H groups in total. The van der Waals surface area contributed by atoms with Crippen molar-refractivity contribution in [2.75, 3.05) is 25.4 Å². The Labute approximate surface area is 169 Å². The molecule has 9 nitrogen and oxygen atoms in total. The van der Waals surface area contributed by atoms with Crippen LogP contribution in [0.25, 0.3) is 5.69 Å². The molecular weight excluding hydrogens is 447 g/mol. The van der Waals surface area contributed by atoms with E-state index in [4.69, 9.17) is 21.2 Å². The van der Waals surface area contributed by atoms with Crippen LogP contribution in [0.4, 0.5) is 33.5 Å². The summed E-state index contributed by atoms with van der Waals surface area (Å²) in [5.74, 6) is -6.15. The summed E-state index contributed by atoms with van der Waals surface area (Å²) in [6.07, 6.45) is -4.70. The van der Waals surface area contributed by atoms with Gasteiger partial charge < -0.3 is 4.74 Å². The lowest BCUT2D eigenvalue weighted by atomic mass is 10.1. The number of hydroxylamine groups is 1. The van der Waals surface area contributed by atoms with Crippen molar-refractivity contribution in [1.29, 1.82) is 0 Å². The molecule has 15 heteroatoms. The number of carbonyl (C=O) groups is 1. The number of benzene rings is 1. The average molecular weight is 459 g/mol. The number of anilines is 1. The predicted octanol–water partition coefficient (Wildman–Crippen LogP) is 3.66. The highest BCUT2D eigenvalue weighted by molar-refractivity contribution is 6.32. The molecule has 164 valence electrons. The van der Waals surface area contributed by atoms with Crippen LogP contribution in [-0.4, -0.2) is 40.9 Å². The molecule has 0 aliphatic rings. The number of carbonyl (C=O) groups excluding carboxylic acids is 1. The Bertz CT molecular complexity index is 981. The zero-order valence-corrected chi connectivity index (χ0v) is 15.9. The fraction of sp³-hybridized carbons (Fsp3) is 0.333. The number of alkyl halides is 3. The molecule has 0 saturated heterocycles. The monoisotopic (exact) mass is 458 g/mol. The van der Waals surface area contributed by atoms with E-state index in [9.17, 15) is 36.9 Å². The van der Waals surface area contributed by atoms with Crippen LogP contribution >= 0.6 is 11.6 Å². The van der Waals surface area contributed by atoms with Gasteiger partial charge in [0.15, 0.2) is 11.6 Å². The van der Waals surface area contributed by atoms with Crippen LogP contribution in [0.1, 0.15) is 12.5 Å². The lowest BCUT2D eigenvalue weighted by Crippen LogP contribution is -2.32. The summed E-state index contributed by atoms with van der Waals surface area (Å²) in [5.41, 5.74) is -3.97. The third kappa shape index (κ3) is 4.49. The number of methoxy groups -OCH3 is 1. The van der Waals surface area contributed by atoms with Gasteiger partial charge in [-0.2, -0.15) is 23.3 Å². The molecule has 0 radical (unpaired) electrons. The van der Waals surface area contributed by atoms with E-state index in [-0.39, 0.29) is 19.3 Å². The summed E-state index contributed by atoms with van der Waals surface area (Å²) in [7, 11) is 1.30. The van der Waals surface area contributed by atoms with Gasteiger partial charge in [-0.05, 0) is 6.07 Å². The number of halogens is 6. The van der Waals surface area contributed by atoms with Crippen LogP contribution in [0.5, 0.6) is 0 Å². The fourth-order valence-electron chi connectivity index (χ4n) is 2.31. The maximum Gasteiger partial charge on any atom is 0.419 e. The standard InChI is InChI=1S/C15H12ClF5N4O5/c1-7(26)24(30-4-3-29-2)14-10(25(27)28)6-22-23(14)13-9(16)5-8(15(19,20)21)11(17)12(13)18/h5-6H,3-4H2,1-2H3. The van der Waals surface area contributed by atoms with Crippen LogP contribution in [0.2, 0.25) is 5.02 Å². The highest BCUT2D eigenvalue weighted by Gasteiger charge is 2.39. The fourth-order valence-corrected chi connectivity index (χ4v) is 2.59. The third-order valence-corrected chi connectivity index (χ3v) is 3.85. The van der Waals surface area contributed by atoms with Gasteiger partial charge in [-0.15, -0.1) is 0 Å². The summed E-state index contributed by atoms with van der Waals surface area (Å²) in [5, 5.41) is 14.2. The van der Waals surface area contributed by atoms with Gasteiger partial charge in [0.25, 0.3) is 0 Å². The smallest absolute Gasteiger partial charge is 0.382 e. The highest BCUT2D eigenvalue weighted by atomic mass is 35.5. The number of amides is 1. The van der Waals surface area contributed by atoms with Crippen molar-refractivity contribution < 1.29 is 41.2 Å². The van der Waals surface area contributed by atoms with Crippen LogP contribution in [0.15, 0.2) is 12.3 Å². The van der Waals surface area contributed by atoms with Gasteiger partial charge in [-0.1, -0.05) is 11.6 Å². The molecule has 0 bridgehead atoms. The van der Waals surface area contributed by atoms with E-state index in [1.54, 1.807) is 0 Å². The molecule has 0 aliphatic carbocycles. The Hall–Kier alpha value is -2.84. The first kappa shape index (κ1) is 23.4. The van der Waals surface area contributed by atoms with Gasteiger partial charge in [-0.25, -0.2) is 13.5 Å². The second-order valence-corrected chi connectivity index (χ2v) is 5.95. The number of nitrogens with zero attached hydrogens (tertiary/aromatic N) is 4. The summed E-state index contributed by atoms with van der Waals surface area (Å²) < 4.78 is 72.3. The molecule has 2 rings (SSSR count). The zero-order chi connectivity index (χ0) is 22.8. The number of hydrogen-bond donors (Lipinski definition) is 0. The molecule has 0 aliphatic heterocycles. The van der Waals surface area contributed by atoms with Crippen LogP contribution in [-0.2, 0) is 20.5 Å². The molecule has 0 unspecified atom stereocenters. The molecule has 0 atom stereocenters. The Morgan fingerprint density at radius 2 is 1.97 bits per heavy atom. The van der Waals surface area contributed by atoms with Crippen molar-refractivity contribution in [1.82, 2.24) is 9.78 Å². The molecule has 0 spiro atoms. The molecule has 1 heterocycles. The highest BCUT2D eigenvalue weighted by Crippen LogP contribution is 2.40. The summed E-state index contributed by atoms with van der Waals surface area (Å²) in [6.45, 7) is 0.574. The normalized spacial score (nSPS) is 11.6. The van der Waals surface area contributed by atoms with Gasteiger partial charge in [0, 0.05) is 14.0 Å². The molecule has 0 saturated carbocycles. The van der Waals surface area contributed by atoms with Crippen molar-refractivity contribution in [3.05, 3.63) is 44.6 Å². The van der Waals surface area contributed by atoms with E-state index in [0.29, 0.717) is 15.9 Å². The van der Waals surface area contributed by atoms with Crippen molar-refractivity contribution >= 4 is 29.0 Å². The number of ether oxygens (including phenoxy) is 1. The molecule has 1 amide bonds. The second-order valence-electron chi connectivity index (χ2n) is 5.54. The average Bonchev–Trinajstić information content (AvgIpc) is 3.05. The van der Waals surface area contributed by atoms with Gasteiger partial charge >= 0.3 is 11.9 Å². The van der Waals surface area contributed by atoms with Gasteiger partial charge in [-0.3, -0.25) is 19.7 Å². The molecule has 2 aromatic rings. The first-order valence-electron chi connectivity index (χ1n) is 7.81. The Morgan fingerprint density at radius 1 is 1.33 bits per heavy atom. The maximum absolute atomic E-state index is 14.5. The number of aromatic nitrogens is 2. The summed E-state index contributed by atoms with van der Waals surface area (Å²) >= 11 is 5.72. The van der Waals surface area contributed by atoms with Crippen molar-refractivity contribution in [2.45, 2.75) is 13.1 Å². The minimum absolute atomic E-state index is 0.0598. The van der Waals surface area contributed by atoms with E-state index >= 15 is 0 Å². The third-order valence-electron chi connectivity index (χ3n) is 3.56. The molecule has 1 aromatic carbocycles. The van der Waals surface area contributed by atoms with E-state index in [2.05, 4.69) is 5.10 Å². The molecular formula is C15H12ClF5N4O5. The van der Waals surface area contributed by atoms with E-state index < -0.39 is 56.4 Å². The van der Waals surface area contributed by atoms with Crippen LogP contribution in [0.3, 0.4) is 0 Å². The van der Waals surface area contributed by atoms with Crippen LogP contribution < -0.4 is 5.06 Å². The Balaban J connectivity index is 2.76. The van der Waals surface area contributed by atoms with E-state index in [1.165, 1.54) is 7.11 Å². The predicted molar refractivity (Wildman–Crippen MR) is 91.1 cm³/mol. The zero-order valence-electron chi connectivity index (χ0n) is 15.2. The molecule has 0 fully saturated rings. The topological polar surface area (TPSA) is 99.7 Å². The Kier molecular flexibility index (Phi) is 6.95. The minimum Gasteiger partial charge on any atom is -0.382 e. The SMILES string of the molecule is COCCON(C(C)=O)c1c([N+](=O)[O-])cnn1-c1c(Cl)cc(C(F)(F)F)c(F)c1F. The first-order chi connectivity index (χ1) is 13.9. The van der Waals surface area contributed by atoms with E-state index in [0.717, 1.165) is 6.92 Å². The van der Waals surface area contributed by atoms with E-state index in [1.807, 2.05) is 0 Å². The van der Waals surface area contributed by atoms with Gasteiger partial charge in [0.1, 0.15) is 11.9 Å². The number of rotatable bonds is 7. The summed E-state index contributed by atoms with van der Waals surface area (Å²) in [6, 6.07) is 0.0937. The lowest BCUT2D eigenvalue weighted by Gasteiger charge is -2.21. The molecule has 30 heavy (non-hydrogen) atoms. The van der Waals surface area contributed by atoms with Gasteiger partial charge in [0.05, 0.1) is 28.7 Å². The number of hydrogen-bond acceptors (Lipinski definition) is 6. The molecule has 1 aromatic heterocycles. The van der Waals surface area contributed by atoms with Crippen molar-refractivity contribution in [3.8, 4) is 5.69 Å². The van der Waals surface area contributed by atoms with Gasteiger partial charge in [0.2, 0.25) is 11.7 Å². The van der Waals surface area contributed by atoms with Crippen molar-refractivity contribution in [2.24, 2.45) is 0 Å². The number of nitro groups is 1. The maximum atomic E-state index is 14.5. The van der Waals surface area contributed by atoms with Crippen molar-refractivity contribution in [3.63, 3.8) is 0 Å².